The third-order valence-corrected chi connectivity index (χ3v) is 6.90. The van der Waals surface area contributed by atoms with Crippen LogP contribution in [0.15, 0.2) is 77.7 Å². The fraction of sp³-hybridized carbons (Fsp3) is 0.136. The molecule has 3 aromatic carbocycles. The average Bonchev–Trinajstić information content (AvgIpc) is 2.72. The molecule has 8 heteroatoms. The zero-order chi connectivity index (χ0) is 21.7. The summed E-state index contributed by atoms with van der Waals surface area (Å²) in [6.45, 7) is 1.61. The van der Waals surface area contributed by atoms with E-state index in [1.54, 1.807) is 43.3 Å². The maximum Gasteiger partial charge on any atom is 0.264 e. The molecule has 0 heterocycles. The van der Waals surface area contributed by atoms with E-state index in [0.29, 0.717) is 15.7 Å². The lowest BCUT2D eigenvalue weighted by molar-refractivity contribution is -0.119. The SMILES string of the molecule is Cc1ccccc1N(CC(=O)NCc1ccccc1Cl)S(=O)(=O)c1ccc(Cl)cc1. The van der Waals surface area contributed by atoms with Crippen molar-refractivity contribution in [3.63, 3.8) is 0 Å². The summed E-state index contributed by atoms with van der Waals surface area (Å²) in [5.41, 5.74) is 1.91. The van der Waals surface area contributed by atoms with Gasteiger partial charge in [-0.3, -0.25) is 9.10 Å². The standard InChI is InChI=1S/C22H20Cl2N2O3S/c1-16-6-2-5-9-21(16)26(30(28,29)19-12-10-18(23)11-13-19)15-22(27)25-14-17-7-3-4-8-20(17)24/h2-13H,14-15H2,1H3,(H,25,27). The number of hydrogen-bond donors (Lipinski definition) is 1. The van der Waals surface area contributed by atoms with Crippen molar-refractivity contribution >= 4 is 44.8 Å². The Morgan fingerprint density at radius 3 is 2.23 bits per heavy atom. The van der Waals surface area contributed by atoms with E-state index in [-0.39, 0.29) is 18.0 Å². The summed E-state index contributed by atoms with van der Waals surface area (Å²) in [4.78, 5) is 12.7. The second-order valence-electron chi connectivity index (χ2n) is 6.62. The van der Waals surface area contributed by atoms with Gasteiger partial charge in [-0.1, -0.05) is 59.6 Å². The summed E-state index contributed by atoms with van der Waals surface area (Å²) in [6.07, 6.45) is 0. The fourth-order valence-electron chi connectivity index (χ4n) is 2.90. The van der Waals surface area contributed by atoms with Gasteiger partial charge in [-0.25, -0.2) is 8.42 Å². The van der Waals surface area contributed by atoms with Crippen LogP contribution in [0.5, 0.6) is 0 Å². The zero-order valence-electron chi connectivity index (χ0n) is 16.2. The minimum absolute atomic E-state index is 0.0501. The molecule has 1 N–H and O–H groups in total. The van der Waals surface area contributed by atoms with Crippen LogP contribution in [-0.2, 0) is 21.4 Å². The summed E-state index contributed by atoms with van der Waals surface area (Å²) in [7, 11) is -3.99. The molecule has 0 fully saturated rings. The number of aryl methyl sites for hydroxylation is 1. The van der Waals surface area contributed by atoms with E-state index in [1.807, 2.05) is 12.1 Å². The van der Waals surface area contributed by atoms with Gasteiger partial charge in [0.2, 0.25) is 5.91 Å². The number of carbonyl (C=O) groups excluding carboxylic acids is 1. The van der Waals surface area contributed by atoms with Crippen LogP contribution in [-0.4, -0.2) is 20.9 Å². The minimum Gasteiger partial charge on any atom is -0.350 e. The van der Waals surface area contributed by atoms with Crippen molar-refractivity contribution in [2.45, 2.75) is 18.4 Å². The summed E-state index contributed by atoms with van der Waals surface area (Å²) in [5.74, 6) is -0.448. The van der Waals surface area contributed by atoms with Crippen molar-refractivity contribution < 1.29 is 13.2 Å². The van der Waals surface area contributed by atoms with Crippen LogP contribution in [0.3, 0.4) is 0 Å². The summed E-state index contributed by atoms with van der Waals surface area (Å²) in [5, 5.41) is 3.70. The monoisotopic (exact) mass is 462 g/mol. The largest absolute Gasteiger partial charge is 0.350 e. The van der Waals surface area contributed by atoms with Gasteiger partial charge in [0.15, 0.2) is 0 Å². The quantitative estimate of drug-likeness (QED) is 0.547. The number of benzene rings is 3. The van der Waals surface area contributed by atoms with Gasteiger partial charge in [0.25, 0.3) is 10.0 Å². The molecule has 0 saturated heterocycles. The Bertz CT molecular complexity index is 1150. The summed E-state index contributed by atoms with van der Waals surface area (Å²) >= 11 is 12.0. The molecule has 156 valence electrons. The van der Waals surface area contributed by atoms with E-state index in [9.17, 15) is 13.2 Å². The van der Waals surface area contributed by atoms with Crippen LogP contribution in [0.1, 0.15) is 11.1 Å². The van der Waals surface area contributed by atoms with Gasteiger partial charge >= 0.3 is 0 Å². The molecule has 0 atom stereocenters. The highest BCUT2D eigenvalue weighted by Crippen LogP contribution is 2.27. The number of nitrogens with one attached hydrogen (secondary N) is 1. The Morgan fingerprint density at radius 2 is 1.57 bits per heavy atom. The molecule has 0 aliphatic carbocycles. The van der Waals surface area contributed by atoms with Crippen molar-refractivity contribution in [3.8, 4) is 0 Å². The van der Waals surface area contributed by atoms with Gasteiger partial charge in [-0.2, -0.15) is 0 Å². The maximum absolute atomic E-state index is 13.3. The lowest BCUT2D eigenvalue weighted by atomic mass is 10.2. The molecule has 0 unspecified atom stereocenters. The first kappa shape index (κ1) is 22.2. The number of para-hydroxylation sites is 1. The zero-order valence-corrected chi connectivity index (χ0v) is 18.5. The average molecular weight is 463 g/mol. The Morgan fingerprint density at radius 1 is 0.933 bits per heavy atom. The lowest BCUT2D eigenvalue weighted by Gasteiger charge is -2.25. The van der Waals surface area contributed by atoms with Crippen LogP contribution in [0.25, 0.3) is 0 Å². The molecular formula is C22H20Cl2N2O3S. The van der Waals surface area contributed by atoms with Crippen LogP contribution in [0.2, 0.25) is 10.0 Å². The number of nitrogens with zero attached hydrogens (tertiary/aromatic N) is 1. The van der Waals surface area contributed by atoms with Gasteiger partial charge < -0.3 is 5.32 Å². The third-order valence-electron chi connectivity index (χ3n) is 4.51. The van der Waals surface area contributed by atoms with E-state index in [1.165, 1.54) is 24.3 Å². The Hall–Kier alpha value is -2.54. The number of anilines is 1. The maximum atomic E-state index is 13.3. The van der Waals surface area contributed by atoms with Crippen molar-refractivity contribution in [2.75, 3.05) is 10.8 Å². The predicted octanol–water partition coefficient (Wildman–Crippen LogP) is 4.81. The summed E-state index contributed by atoms with van der Waals surface area (Å²) in [6, 6.07) is 20.0. The third kappa shape index (κ3) is 5.14. The van der Waals surface area contributed by atoms with Crippen LogP contribution in [0.4, 0.5) is 5.69 Å². The van der Waals surface area contributed by atoms with Gasteiger partial charge in [0.1, 0.15) is 6.54 Å². The first-order valence-electron chi connectivity index (χ1n) is 9.13. The van der Waals surface area contributed by atoms with Crippen molar-refractivity contribution in [3.05, 3.63) is 94.0 Å². The molecular weight excluding hydrogens is 443 g/mol. The second kappa shape index (κ2) is 9.51. The molecule has 1 amide bonds. The second-order valence-corrected chi connectivity index (χ2v) is 9.33. The molecule has 0 radical (unpaired) electrons. The van der Waals surface area contributed by atoms with E-state index < -0.39 is 15.9 Å². The Balaban J connectivity index is 1.88. The summed E-state index contributed by atoms with van der Waals surface area (Å²) < 4.78 is 27.8. The lowest BCUT2D eigenvalue weighted by Crippen LogP contribution is -2.41. The van der Waals surface area contributed by atoms with Gasteiger partial charge in [-0.15, -0.1) is 0 Å². The molecule has 5 nitrogen and oxygen atoms in total. The van der Waals surface area contributed by atoms with E-state index in [4.69, 9.17) is 23.2 Å². The van der Waals surface area contributed by atoms with Crippen molar-refractivity contribution in [2.24, 2.45) is 0 Å². The van der Waals surface area contributed by atoms with Crippen LogP contribution < -0.4 is 9.62 Å². The molecule has 3 rings (SSSR count). The fourth-order valence-corrected chi connectivity index (χ4v) is 4.71. The molecule has 0 saturated carbocycles. The minimum atomic E-state index is -3.99. The van der Waals surface area contributed by atoms with Crippen molar-refractivity contribution in [1.82, 2.24) is 5.32 Å². The van der Waals surface area contributed by atoms with Crippen molar-refractivity contribution in [1.29, 1.82) is 0 Å². The van der Waals surface area contributed by atoms with Crippen LogP contribution in [0, 0.1) is 6.92 Å². The molecule has 0 aliphatic rings. The van der Waals surface area contributed by atoms with E-state index >= 15 is 0 Å². The first-order chi connectivity index (χ1) is 14.3. The molecule has 0 aliphatic heterocycles. The molecule has 0 aromatic heterocycles. The van der Waals surface area contributed by atoms with E-state index in [0.717, 1.165) is 15.4 Å². The molecule has 0 spiro atoms. The smallest absolute Gasteiger partial charge is 0.264 e. The van der Waals surface area contributed by atoms with E-state index in [2.05, 4.69) is 5.32 Å². The number of sulfonamides is 1. The molecule has 0 bridgehead atoms. The number of amides is 1. The predicted molar refractivity (Wildman–Crippen MR) is 120 cm³/mol. The number of halogens is 2. The number of carbonyl (C=O) groups is 1. The topological polar surface area (TPSA) is 66.5 Å². The van der Waals surface area contributed by atoms with Crippen LogP contribution >= 0.6 is 23.2 Å². The van der Waals surface area contributed by atoms with Gasteiger partial charge in [0.05, 0.1) is 10.6 Å². The highest BCUT2D eigenvalue weighted by Gasteiger charge is 2.28. The van der Waals surface area contributed by atoms with Gasteiger partial charge in [0, 0.05) is 16.6 Å². The highest BCUT2D eigenvalue weighted by atomic mass is 35.5. The molecule has 3 aromatic rings. The molecule has 30 heavy (non-hydrogen) atoms. The normalized spacial score (nSPS) is 11.2. The Kier molecular flexibility index (Phi) is 7.02. The Labute approximate surface area is 186 Å². The highest BCUT2D eigenvalue weighted by molar-refractivity contribution is 7.92. The number of hydrogen-bond acceptors (Lipinski definition) is 3. The first-order valence-corrected chi connectivity index (χ1v) is 11.3. The van der Waals surface area contributed by atoms with Gasteiger partial charge in [-0.05, 0) is 54.4 Å². The number of rotatable bonds is 7.